The number of amides is 1. The Hall–Kier alpha value is -2.49. The number of fused-ring (bicyclic) bond motifs is 1. The van der Waals surface area contributed by atoms with Crippen molar-refractivity contribution in [1.82, 2.24) is 4.57 Å². The minimum absolute atomic E-state index is 0.0304. The van der Waals surface area contributed by atoms with Crippen LogP contribution in [0.1, 0.15) is 24.0 Å². The van der Waals surface area contributed by atoms with Crippen LogP contribution >= 0.6 is 22.9 Å². The molecule has 32 heavy (non-hydrogen) atoms. The second-order valence-corrected chi connectivity index (χ2v) is 10.9. The summed E-state index contributed by atoms with van der Waals surface area (Å²) in [7, 11) is -2.22. The van der Waals surface area contributed by atoms with E-state index >= 15 is 0 Å². The van der Waals surface area contributed by atoms with Crippen molar-refractivity contribution in [1.29, 1.82) is 0 Å². The fourth-order valence-electron chi connectivity index (χ4n) is 3.09. The van der Waals surface area contributed by atoms with E-state index in [1.807, 2.05) is 26.0 Å². The summed E-state index contributed by atoms with van der Waals surface area (Å²) >= 11 is 7.10. The molecule has 0 aliphatic carbocycles. The molecule has 0 N–H and O–H groups in total. The fourth-order valence-corrected chi connectivity index (χ4v) is 5.65. The van der Waals surface area contributed by atoms with E-state index in [0.717, 1.165) is 21.3 Å². The molecule has 0 fully saturated rings. The maximum absolute atomic E-state index is 12.5. The van der Waals surface area contributed by atoms with Crippen molar-refractivity contribution in [3.8, 4) is 0 Å². The number of thiazole rings is 1. The molecule has 1 amide bonds. The molecule has 0 bridgehead atoms. The molecule has 0 saturated carbocycles. The lowest BCUT2D eigenvalue weighted by Crippen LogP contribution is -2.22. The minimum Gasteiger partial charge on any atom is -0.468 e. The van der Waals surface area contributed by atoms with Crippen molar-refractivity contribution < 1.29 is 22.7 Å². The summed E-state index contributed by atoms with van der Waals surface area (Å²) in [6.45, 7) is 3.89. The molecule has 7 nitrogen and oxygen atoms in total. The first-order chi connectivity index (χ1) is 15.1. The number of hydrogen-bond acceptors (Lipinski definition) is 6. The Morgan fingerprint density at radius 2 is 1.78 bits per heavy atom. The van der Waals surface area contributed by atoms with Crippen molar-refractivity contribution in [3.05, 3.63) is 57.3 Å². The lowest BCUT2D eigenvalue weighted by atomic mass is 10.1. The number of sulfone groups is 1. The molecule has 2 aromatic carbocycles. The number of benzene rings is 2. The van der Waals surface area contributed by atoms with Gasteiger partial charge in [-0.25, -0.2) is 8.42 Å². The number of ether oxygens (including phenoxy) is 1. The standard InChI is InChI=1S/C22H23ClN2O5S2/c1-14-11-18-19(12-15(14)2)31-22(25(18)13-21(27)30-3)24-20(26)5-4-10-32(28,29)17-8-6-16(23)7-9-17/h6-9,11-12H,4-5,10,13H2,1-3H3. The van der Waals surface area contributed by atoms with Crippen molar-refractivity contribution in [2.24, 2.45) is 4.99 Å². The molecular weight excluding hydrogens is 472 g/mol. The van der Waals surface area contributed by atoms with Crippen LogP contribution in [0.15, 0.2) is 46.3 Å². The van der Waals surface area contributed by atoms with E-state index in [0.29, 0.717) is 9.82 Å². The summed E-state index contributed by atoms with van der Waals surface area (Å²) in [5.41, 5.74) is 2.94. The van der Waals surface area contributed by atoms with Gasteiger partial charge in [0.1, 0.15) is 6.54 Å². The van der Waals surface area contributed by atoms with E-state index in [2.05, 4.69) is 4.99 Å². The highest BCUT2D eigenvalue weighted by Crippen LogP contribution is 2.22. The monoisotopic (exact) mass is 494 g/mol. The Labute approximate surface area is 195 Å². The van der Waals surface area contributed by atoms with Crippen LogP contribution in [0.2, 0.25) is 5.02 Å². The molecule has 3 aromatic rings. The summed E-state index contributed by atoms with van der Waals surface area (Å²) in [5.74, 6) is -1.08. The van der Waals surface area contributed by atoms with Crippen LogP contribution in [0.25, 0.3) is 10.2 Å². The normalized spacial score (nSPS) is 12.3. The number of halogens is 1. The number of methoxy groups -OCH3 is 1. The van der Waals surface area contributed by atoms with Gasteiger partial charge < -0.3 is 9.30 Å². The molecule has 10 heteroatoms. The van der Waals surface area contributed by atoms with Gasteiger partial charge in [0.25, 0.3) is 0 Å². The van der Waals surface area contributed by atoms with Crippen LogP contribution in [-0.4, -0.2) is 37.7 Å². The summed E-state index contributed by atoms with van der Waals surface area (Å²) in [5, 5.41) is 0.451. The molecule has 1 aromatic heterocycles. The summed E-state index contributed by atoms with van der Waals surface area (Å²) in [4.78, 5) is 29.1. The SMILES string of the molecule is COC(=O)Cn1c(=NC(=O)CCCS(=O)(=O)c2ccc(Cl)cc2)sc2cc(C)c(C)cc21. The van der Waals surface area contributed by atoms with Crippen LogP contribution in [0.4, 0.5) is 0 Å². The van der Waals surface area contributed by atoms with Gasteiger partial charge in [0, 0.05) is 11.4 Å². The predicted octanol–water partition coefficient (Wildman–Crippen LogP) is 3.83. The topological polar surface area (TPSA) is 94.8 Å². The maximum Gasteiger partial charge on any atom is 0.325 e. The Morgan fingerprint density at radius 1 is 1.12 bits per heavy atom. The lowest BCUT2D eigenvalue weighted by Gasteiger charge is -2.06. The van der Waals surface area contributed by atoms with Gasteiger partial charge in [0.05, 0.1) is 28.0 Å². The van der Waals surface area contributed by atoms with Gasteiger partial charge in [-0.05, 0) is 67.8 Å². The predicted molar refractivity (Wildman–Crippen MR) is 125 cm³/mol. The third-order valence-electron chi connectivity index (χ3n) is 5.01. The van der Waals surface area contributed by atoms with E-state index in [4.69, 9.17) is 16.3 Å². The fraction of sp³-hybridized carbons (Fsp3) is 0.318. The smallest absolute Gasteiger partial charge is 0.325 e. The quantitative estimate of drug-likeness (QED) is 0.465. The van der Waals surface area contributed by atoms with E-state index in [9.17, 15) is 18.0 Å². The van der Waals surface area contributed by atoms with Crippen molar-refractivity contribution in [2.75, 3.05) is 12.9 Å². The van der Waals surface area contributed by atoms with Gasteiger partial charge in [0.2, 0.25) is 5.91 Å². The lowest BCUT2D eigenvalue weighted by molar-refractivity contribution is -0.141. The average molecular weight is 495 g/mol. The molecule has 170 valence electrons. The molecule has 0 radical (unpaired) electrons. The molecule has 1 heterocycles. The molecule has 0 saturated heterocycles. The van der Waals surface area contributed by atoms with E-state index in [1.165, 1.54) is 42.7 Å². The zero-order valence-corrected chi connectivity index (χ0v) is 20.3. The third kappa shape index (κ3) is 5.65. The number of hydrogen-bond donors (Lipinski definition) is 0. The maximum atomic E-state index is 12.5. The van der Waals surface area contributed by atoms with E-state index < -0.39 is 21.7 Å². The third-order valence-corrected chi connectivity index (χ3v) is 8.12. The number of aromatic nitrogens is 1. The van der Waals surface area contributed by atoms with Gasteiger partial charge in [-0.3, -0.25) is 9.59 Å². The average Bonchev–Trinajstić information content (AvgIpc) is 3.04. The highest BCUT2D eigenvalue weighted by molar-refractivity contribution is 7.91. The van der Waals surface area contributed by atoms with E-state index in [1.54, 1.807) is 4.57 Å². The van der Waals surface area contributed by atoms with Gasteiger partial charge in [-0.2, -0.15) is 4.99 Å². The van der Waals surface area contributed by atoms with Gasteiger partial charge in [-0.1, -0.05) is 22.9 Å². The molecular formula is C22H23ClN2O5S2. The first-order valence-electron chi connectivity index (χ1n) is 9.84. The first-order valence-corrected chi connectivity index (χ1v) is 12.7. The zero-order chi connectivity index (χ0) is 23.5. The van der Waals surface area contributed by atoms with Crippen molar-refractivity contribution in [3.63, 3.8) is 0 Å². The van der Waals surface area contributed by atoms with Crippen LogP contribution in [0, 0.1) is 13.8 Å². The van der Waals surface area contributed by atoms with Crippen LogP contribution in [0.5, 0.6) is 0 Å². The Kier molecular flexibility index (Phi) is 7.53. The number of nitrogens with zero attached hydrogens (tertiary/aromatic N) is 2. The molecule has 0 aliphatic rings. The van der Waals surface area contributed by atoms with Crippen LogP contribution in [0.3, 0.4) is 0 Å². The molecule has 0 atom stereocenters. The van der Waals surface area contributed by atoms with Gasteiger partial charge in [-0.15, -0.1) is 0 Å². The number of esters is 1. The molecule has 0 aliphatic heterocycles. The van der Waals surface area contributed by atoms with Gasteiger partial charge in [0.15, 0.2) is 14.6 Å². The summed E-state index contributed by atoms with van der Waals surface area (Å²) in [6.07, 6.45) is 0.102. The number of carbonyl (C=O) groups excluding carboxylic acids is 2. The Balaban J connectivity index is 1.81. The number of rotatable bonds is 7. The molecule has 0 spiro atoms. The second kappa shape index (κ2) is 9.97. The summed E-state index contributed by atoms with van der Waals surface area (Å²) in [6, 6.07) is 9.86. The number of aryl methyl sites for hydroxylation is 2. The minimum atomic E-state index is -3.52. The highest BCUT2D eigenvalue weighted by atomic mass is 35.5. The Morgan fingerprint density at radius 3 is 2.44 bits per heavy atom. The van der Waals surface area contributed by atoms with Crippen LogP contribution in [-0.2, 0) is 30.7 Å². The van der Waals surface area contributed by atoms with Gasteiger partial charge >= 0.3 is 5.97 Å². The van der Waals surface area contributed by atoms with Crippen LogP contribution < -0.4 is 4.80 Å². The first kappa shape index (κ1) is 24.2. The molecule has 3 rings (SSSR count). The highest BCUT2D eigenvalue weighted by Gasteiger charge is 2.16. The zero-order valence-electron chi connectivity index (χ0n) is 17.9. The summed E-state index contributed by atoms with van der Waals surface area (Å²) < 4.78 is 32.2. The largest absolute Gasteiger partial charge is 0.468 e. The number of carbonyl (C=O) groups is 2. The Bertz CT molecular complexity index is 1340. The second-order valence-electron chi connectivity index (χ2n) is 7.33. The van der Waals surface area contributed by atoms with Crippen molar-refractivity contribution in [2.45, 2.75) is 38.1 Å². The molecule has 0 unspecified atom stereocenters. The van der Waals surface area contributed by atoms with E-state index in [-0.39, 0.29) is 30.0 Å². The van der Waals surface area contributed by atoms with Crippen molar-refractivity contribution >= 4 is 54.9 Å².